The summed E-state index contributed by atoms with van der Waals surface area (Å²) in [5, 5.41) is 16.1. The monoisotopic (exact) mass is 275 g/mol. The van der Waals surface area contributed by atoms with E-state index in [4.69, 9.17) is 5.26 Å². The van der Waals surface area contributed by atoms with Gasteiger partial charge in [-0.15, -0.1) is 0 Å². The Morgan fingerprint density at radius 2 is 2.20 bits per heavy atom. The number of aryl methyl sites for hydroxylation is 1. The summed E-state index contributed by atoms with van der Waals surface area (Å²) in [7, 11) is 0. The number of carbonyl (C=O) groups is 1. The van der Waals surface area contributed by atoms with Gasteiger partial charge in [0.1, 0.15) is 6.07 Å². The van der Waals surface area contributed by atoms with Crippen LogP contribution in [0, 0.1) is 17.2 Å². The van der Waals surface area contributed by atoms with Crippen LogP contribution in [0.5, 0.6) is 0 Å². The van der Waals surface area contributed by atoms with E-state index in [9.17, 15) is 4.79 Å². The average Bonchev–Trinajstić information content (AvgIpc) is 2.69. The van der Waals surface area contributed by atoms with E-state index in [1.54, 1.807) is 11.0 Å². The third-order valence-electron chi connectivity index (χ3n) is 3.77. The van der Waals surface area contributed by atoms with Crippen LogP contribution in [0.1, 0.15) is 38.6 Å². The summed E-state index contributed by atoms with van der Waals surface area (Å²) >= 11 is 0. The van der Waals surface area contributed by atoms with Gasteiger partial charge in [0, 0.05) is 19.1 Å². The number of rotatable bonds is 2. The summed E-state index contributed by atoms with van der Waals surface area (Å²) in [6.45, 7) is 8.15. The summed E-state index contributed by atoms with van der Waals surface area (Å²) in [4.78, 5) is 14.1. The molecule has 0 fully saturated rings. The second kappa shape index (κ2) is 5.95. The zero-order valence-electron chi connectivity index (χ0n) is 12.3. The summed E-state index contributed by atoms with van der Waals surface area (Å²) in [6.07, 6.45) is 0.850. The van der Waals surface area contributed by atoms with Gasteiger partial charge in [0.05, 0.1) is 12.2 Å². The molecule has 1 atom stereocenters. The molecule has 20 heavy (non-hydrogen) atoms. The summed E-state index contributed by atoms with van der Waals surface area (Å²) in [5.41, 5.74) is 1.34. The van der Waals surface area contributed by atoms with Crippen molar-refractivity contribution in [3.05, 3.63) is 17.5 Å². The fourth-order valence-corrected chi connectivity index (χ4v) is 2.14. The molecule has 108 valence electrons. The summed E-state index contributed by atoms with van der Waals surface area (Å²) in [6, 6.07) is 3.91. The number of nitrogens with zero attached hydrogens (tertiary/aromatic N) is 4. The lowest BCUT2D eigenvalue weighted by Gasteiger charge is -2.25. The first-order valence-electron chi connectivity index (χ1n) is 7.03. The van der Waals surface area contributed by atoms with Crippen LogP contribution < -0.4 is 5.32 Å². The SMILES string of the molecule is CC(C)C(C)NC(=O)N1CCCn2nc(C#N)cc2C1. The first-order valence-corrected chi connectivity index (χ1v) is 7.03. The largest absolute Gasteiger partial charge is 0.335 e. The molecule has 6 nitrogen and oxygen atoms in total. The predicted octanol–water partition coefficient (Wildman–Crippen LogP) is 1.71. The Morgan fingerprint density at radius 1 is 1.45 bits per heavy atom. The van der Waals surface area contributed by atoms with Crippen molar-refractivity contribution in [3.63, 3.8) is 0 Å². The van der Waals surface area contributed by atoms with E-state index in [1.165, 1.54) is 0 Å². The van der Waals surface area contributed by atoms with Crippen LogP contribution in [-0.2, 0) is 13.1 Å². The zero-order chi connectivity index (χ0) is 14.7. The lowest BCUT2D eigenvalue weighted by molar-refractivity contribution is 0.189. The molecule has 0 saturated heterocycles. The molecule has 6 heteroatoms. The topological polar surface area (TPSA) is 74.0 Å². The van der Waals surface area contributed by atoms with Crippen molar-refractivity contribution in [3.8, 4) is 6.07 Å². The summed E-state index contributed by atoms with van der Waals surface area (Å²) in [5.74, 6) is 0.404. The Morgan fingerprint density at radius 3 is 2.85 bits per heavy atom. The van der Waals surface area contributed by atoms with E-state index < -0.39 is 0 Å². The van der Waals surface area contributed by atoms with Crippen LogP contribution in [-0.4, -0.2) is 33.3 Å². The van der Waals surface area contributed by atoms with Gasteiger partial charge in [-0.3, -0.25) is 4.68 Å². The molecule has 2 heterocycles. The van der Waals surface area contributed by atoms with E-state index in [1.807, 2.05) is 17.7 Å². The minimum absolute atomic E-state index is 0.0423. The van der Waals surface area contributed by atoms with E-state index in [-0.39, 0.29) is 12.1 Å². The van der Waals surface area contributed by atoms with Crippen molar-refractivity contribution >= 4 is 6.03 Å². The molecule has 1 unspecified atom stereocenters. The number of hydrogen-bond donors (Lipinski definition) is 1. The number of aromatic nitrogens is 2. The standard InChI is InChI=1S/C14H21N5O/c1-10(2)11(3)16-14(20)18-5-4-6-19-13(9-18)7-12(8-15)17-19/h7,10-11H,4-6,9H2,1-3H3,(H,16,20). The molecule has 0 aromatic carbocycles. The van der Waals surface area contributed by atoms with Gasteiger partial charge in [-0.05, 0) is 25.3 Å². The third kappa shape index (κ3) is 3.10. The molecule has 1 aromatic heterocycles. The number of fused-ring (bicyclic) bond motifs is 1. The minimum atomic E-state index is -0.0423. The lowest BCUT2D eigenvalue weighted by atomic mass is 10.1. The number of urea groups is 1. The second-order valence-electron chi connectivity index (χ2n) is 5.61. The smallest absolute Gasteiger partial charge is 0.317 e. The minimum Gasteiger partial charge on any atom is -0.335 e. The molecule has 1 aliphatic rings. The van der Waals surface area contributed by atoms with Crippen molar-refractivity contribution in [1.29, 1.82) is 5.26 Å². The van der Waals surface area contributed by atoms with Crippen molar-refractivity contribution in [2.45, 2.75) is 46.3 Å². The fourth-order valence-electron chi connectivity index (χ4n) is 2.14. The molecule has 0 bridgehead atoms. The van der Waals surface area contributed by atoms with Gasteiger partial charge in [-0.1, -0.05) is 13.8 Å². The first-order chi connectivity index (χ1) is 9.51. The maximum absolute atomic E-state index is 12.3. The van der Waals surface area contributed by atoms with Crippen LogP contribution in [0.4, 0.5) is 4.79 Å². The average molecular weight is 275 g/mol. The van der Waals surface area contributed by atoms with Gasteiger partial charge in [-0.2, -0.15) is 10.4 Å². The highest BCUT2D eigenvalue weighted by molar-refractivity contribution is 5.74. The molecular weight excluding hydrogens is 254 g/mol. The number of amides is 2. The van der Waals surface area contributed by atoms with E-state index in [0.29, 0.717) is 24.7 Å². The normalized spacial score (nSPS) is 16.2. The Balaban J connectivity index is 2.07. The Hall–Kier alpha value is -2.03. The molecule has 0 spiro atoms. The molecule has 2 amide bonds. The molecule has 1 aliphatic heterocycles. The van der Waals surface area contributed by atoms with Gasteiger partial charge in [0.25, 0.3) is 0 Å². The van der Waals surface area contributed by atoms with Gasteiger partial charge >= 0.3 is 6.03 Å². The number of hydrogen-bond acceptors (Lipinski definition) is 3. The van der Waals surface area contributed by atoms with Crippen LogP contribution in [0.15, 0.2) is 6.07 Å². The molecule has 0 radical (unpaired) electrons. The van der Waals surface area contributed by atoms with Gasteiger partial charge in [0.2, 0.25) is 0 Å². The van der Waals surface area contributed by atoms with Crippen LogP contribution >= 0.6 is 0 Å². The highest BCUT2D eigenvalue weighted by Gasteiger charge is 2.22. The van der Waals surface area contributed by atoms with Gasteiger partial charge in [0.15, 0.2) is 5.69 Å². The Bertz CT molecular complexity index is 528. The Labute approximate surface area is 119 Å². The van der Waals surface area contributed by atoms with E-state index in [0.717, 1.165) is 18.7 Å². The maximum atomic E-state index is 12.3. The molecule has 2 rings (SSSR count). The third-order valence-corrected chi connectivity index (χ3v) is 3.77. The first kappa shape index (κ1) is 14.4. The molecule has 0 aliphatic carbocycles. The summed E-state index contributed by atoms with van der Waals surface area (Å²) < 4.78 is 1.83. The fraction of sp³-hybridized carbons (Fsp3) is 0.643. The van der Waals surface area contributed by atoms with Gasteiger partial charge in [-0.25, -0.2) is 4.79 Å². The van der Waals surface area contributed by atoms with Crippen molar-refractivity contribution in [1.82, 2.24) is 20.0 Å². The number of nitrogens with one attached hydrogen (secondary N) is 1. The molecular formula is C14H21N5O. The second-order valence-corrected chi connectivity index (χ2v) is 5.61. The molecule has 1 aromatic rings. The number of carbonyl (C=O) groups excluding carboxylic acids is 1. The predicted molar refractivity (Wildman–Crippen MR) is 74.8 cm³/mol. The highest BCUT2D eigenvalue weighted by atomic mass is 16.2. The molecule has 1 N–H and O–H groups in total. The lowest BCUT2D eigenvalue weighted by Crippen LogP contribution is -2.45. The van der Waals surface area contributed by atoms with E-state index in [2.05, 4.69) is 24.3 Å². The highest BCUT2D eigenvalue weighted by Crippen LogP contribution is 2.14. The zero-order valence-corrected chi connectivity index (χ0v) is 12.3. The van der Waals surface area contributed by atoms with Crippen LogP contribution in [0.25, 0.3) is 0 Å². The quantitative estimate of drug-likeness (QED) is 0.893. The number of nitriles is 1. The molecule has 0 saturated carbocycles. The van der Waals surface area contributed by atoms with Crippen molar-refractivity contribution in [2.75, 3.05) is 6.54 Å². The van der Waals surface area contributed by atoms with Crippen molar-refractivity contribution in [2.24, 2.45) is 5.92 Å². The van der Waals surface area contributed by atoms with Crippen LogP contribution in [0.3, 0.4) is 0 Å². The van der Waals surface area contributed by atoms with E-state index >= 15 is 0 Å². The van der Waals surface area contributed by atoms with Crippen LogP contribution in [0.2, 0.25) is 0 Å². The Kier molecular flexibility index (Phi) is 4.28. The maximum Gasteiger partial charge on any atom is 0.317 e. The van der Waals surface area contributed by atoms with Crippen molar-refractivity contribution < 1.29 is 4.79 Å². The van der Waals surface area contributed by atoms with Gasteiger partial charge < -0.3 is 10.2 Å².